The van der Waals surface area contributed by atoms with Gasteiger partial charge >= 0.3 is 0 Å². The molecule has 1 saturated heterocycles. The van der Waals surface area contributed by atoms with Crippen molar-refractivity contribution in [2.45, 2.75) is 55.6 Å². The van der Waals surface area contributed by atoms with Gasteiger partial charge in [0, 0.05) is 18.1 Å². The molecule has 3 unspecified atom stereocenters. The first-order valence-corrected chi connectivity index (χ1v) is 9.49. The van der Waals surface area contributed by atoms with E-state index in [4.69, 9.17) is 5.73 Å². The SMILES string of the molecule is CC(N)C1CCCCN1C1CCS(=O)(=O)c2ccccc21. The number of nitrogens with two attached hydrogens (primary N) is 1. The van der Waals surface area contributed by atoms with Gasteiger partial charge < -0.3 is 5.73 Å². The minimum atomic E-state index is -3.11. The van der Waals surface area contributed by atoms with Crippen LogP contribution in [0.2, 0.25) is 0 Å². The van der Waals surface area contributed by atoms with Gasteiger partial charge in [0.25, 0.3) is 0 Å². The average molecular weight is 308 g/mol. The van der Waals surface area contributed by atoms with E-state index in [2.05, 4.69) is 11.8 Å². The van der Waals surface area contributed by atoms with Crippen molar-refractivity contribution in [2.75, 3.05) is 12.3 Å². The van der Waals surface area contributed by atoms with E-state index < -0.39 is 9.84 Å². The molecule has 1 fully saturated rings. The lowest BCUT2D eigenvalue weighted by Crippen LogP contribution is -2.51. The standard InChI is InChI=1S/C16H24N2O2S/c1-12(17)14-7-4-5-10-18(14)15-9-11-21(19,20)16-8-3-2-6-13(15)16/h2-3,6,8,12,14-15H,4-5,7,9-11,17H2,1H3. The first kappa shape index (κ1) is 15.0. The Labute approximate surface area is 127 Å². The van der Waals surface area contributed by atoms with Gasteiger partial charge in [-0.3, -0.25) is 4.90 Å². The predicted molar refractivity (Wildman–Crippen MR) is 83.8 cm³/mol. The fourth-order valence-electron chi connectivity index (χ4n) is 3.85. The quantitative estimate of drug-likeness (QED) is 0.909. The molecule has 116 valence electrons. The van der Waals surface area contributed by atoms with E-state index in [0.717, 1.165) is 18.5 Å². The van der Waals surface area contributed by atoms with Crippen LogP contribution in [-0.4, -0.2) is 37.7 Å². The van der Waals surface area contributed by atoms with E-state index in [9.17, 15) is 8.42 Å². The van der Waals surface area contributed by atoms with Gasteiger partial charge in [-0.1, -0.05) is 24.6 Å². The minimum Gasteiger partial charge on any atom is -0.327 e. The fraction of sp³-hybridized carbons (Fsp3) is 0.625. The van der Waals surface area contributed by atoms with E-state index in [1.807, 2.05) is 18.2 Å². The summed E-state index contributed by atoms with van der Waals surface area (Å²) in [6.45, 7) is 3.08. The maximum absolute atomic E-state index is 12.3. The second kappa shape index (κ2) is 5.71. The molecule has 3 rings (SSSR count). The second-order valence-electron chi connectivity index (χ2n) is 6.32. The molecule has 3 atom stereocenters. The Morgan fingerprint density at radius 1 is 1.24 bits per heavy atom. The van der Waals surface area contributed by atoms with Crippen molar-refractivity contribution in [1.29, 1.82) is 0 Å². The highest BCUT2D eigenvalue weighted by Gasteiger charge is 2.37. The number of benzene rings is 1. The molecule has 0 aliphatic carbocycles. The van der Waals surface area contributed by atoms with Crippen LogP contribution in [0.3, 0.4) is 0 Å². The van der Waals surface area contributed by atoms with Crippen LogP contribution in [0.1, 0.15) is 44.2 Å². The predicted octanol–water partition coefficient (Wildman–Crippen LogP) is 2.11. The summed E-state index contributed by atoms with van der Waals surface area (Å²) < 4.78 is 24.5. The molecule has 0 aromatic heterocycles. The summed E-state index contributed by atoms with van der Waals surface area (Å²) in [5, 5.41) is 0. The zero-order valence-electron chi connectivity index (χ0n) is 12.5. The molecule has 0 spiro atoms. The van der Waals surface area contributed by atoms with Gasteiger partial charge in [0.15, 0.2) is 9.84 Å². The van der Waals surface area contributed by atoms with Crippen molar-refractivity contribution >= 4 is 9.84 Å². The largest absolute Gasteiger partial charge is 0.327 e. The summed E-state index contributed by atoms with van der Waals surface area (Å²) in [6.07, 6.45) is 4.19. The Kier molecular flexibility index (Phi) is 4.08. The molecule has 4 nitrogen and oxygen atoms in total. The molecule has 0 bridgehead atoms. The summed E-state index contributed by atoms with van der Waals surface area (Å²) in [5.41, 5.74) is 7.15. The summed E-state index contributed by atoms with van der Waals surface area (Å²) in [7, 11) is -3.11. The van der Waals surface area contributed by atoms with Gasteiger partial charge in [-0.05, 0) is 44.4 Å². The fourth-order valence-corrected chi connectivity index (χ4v) is 5.45. The number of piperidine rings is 1. The molecular weight excluding hydrogens is 284 g/mol. The molecule has 0 amide bonds. The highest BCUT2D eigenvalue weighted by molar-refractivity contribution is 7.91. The highest BCUT2D eigenvalue weighted by atomic mass is 32.2. The molecule has 0 radical (unpaired) electrons. The number of hydrogen-bond acceptors (Lipinski definition) is 4. The molecule has 2 aliphatic heterocycles. The Morgan fingerprint density at radius 2 is 2.00 bits per heavy atom. The Morgan fingerprint density at radius 3 is 2.76 bits per heavy atom. The normalized spacial score (nSPS) is 30.6. The number of rotatable bonds is 2. The molecule has 2 heterocycles. The summed E-state index contributed by atoms with van der Waals surface area (Å²) >= 11 is 0. The zero-order chi connectivity index (χ0) is 15.0. The molecule has 1 aromatic rings. The van der Waals surface area contributed by atoms with Crippen LogP contribution in [0.5, 0.6) is 0 Å². The van der Waals surface area contributed by atoms with Crippen molar-refractivity contribution in [3.05, 3.63) is 29.8 Å². The van der Waals surface area contributed by atoms with Crippen molar-refractivity contribution < 1.29 is 8.42 Å². The van der Waals surface area contributed by atoms with Gasteiger partial charge in [-0.15, -0.1) is 0 Å². The third kappa shape index (κ3) is 2.74. The van der Waals surface area contributed by atoms with E-state index in [0.29, 0.717) is 17.4 Å². The summed E-state index contributed by atoms with van der Waals surface area (Å²) in [6, 6.07) is 8.16. The van der Waals surface area contributed by atoms with Crippen LogP contribution in [0.4, 0.5) is 0 Å². The number of hydrogen-bond donors (Lipinski definition) is 1. The molecule has 21 heavy (non-hydrogen) atoms. The Bertz CT molecular complexity index is 612. The van der Waals surface area contributed by atoms with Crippen molar-refractivity contribution in [3.63, 3.8) is 0 Å². The van der Waals surface area contributed by atoms with Gasteiger partial charge in [0.05, 0.1) is 10.6 Å². The van der Waals surface area contributed by atoms with Gasteiger partial charge in [0.1, 0.15) is 0 Å². The molecule has 0 saturated carbocycles. The number of nitrogens with zero attached hydrogens (tertiary/aromatic N) is 1. The third-order valence-electron chi connectivity index (χ3n) is 4.87. The second-order valence-corrected chi connectivity index (χ2v) is 8.40. The average Bonchev–Trinajstić information content (AvgIpc) is 2.47. The van der Waals surface area contributed by atoms with Crippen LogP contribution in [-0.2, 0) is 9.84 Å². The molecule has 2 N–H and O–H groups in total. The van der Waals surface area contributed by atoms with Crippen molar-refractivity contribution in [2.24, 2.45) is 5.73 Å². The Hall–Kier alpha value is -0.910. The maximum Gasteiger partial charge on any atom is 0.178 e. The molecular formula is C16H24N2O2S. The minimum absolute atomic E-state index is 0.121. The van der Waals surface area contributed by atoms with Gasteiger partial charge in [-0.2, -0.15) is 0 Å². The zero-order valence-corrected chi connectivity index (χ0v) is 13.3. The molecule has 1 aromatic carbocycles. The smallest absolute Gasteiger partial charge is 0.178 e. The first-order chi connectivity index (χ1) is 10.0. The van der Waals surface area contributed by atoms with E-state index in [1.165, 1.54) is 12.8 Å². The number of fused-ring (bicyclic) bond motifs is 1. The summed E-state index contributed by atoms with van der Waals surface area (Å²) in [5.74, 6) is 0.247. The van der Waals surface area contributed by atoms with Crippen LogP contribution in [0.25, 0.3) is 0 Å². The monoisotopic (exact) mass is 308 g/mol. The Balaban J connectivity index is 1.99. The van der Waals surface area contributed by atoms with Crippen LogP contribution >= 0.6 is 0 Å². The van der Waals surface area contributed by atoms with Crippen molar-refractivity contribution in [1.82, 2.24) is 4.90 Å². The van der Waals surface area contributed by atoms with Crippen LogP contribution in [0, 0.1) is 0 Å². The maximum atomic E-state index is 12.3. The van der Waals surface area contributed by atoms with E-state index >= 15 is 0 Å². The third-order valence-corrected chi connectivity index (χ3v) is 6.69. The first-order valence-electron chi connectivity index (χ1n) is 7.84. The van der Waals surface area contributed by atoms with Gasteiger partial charge in [-0.25, -0.2) is 8.42 Å². The van der Waals surface area contributed by atoms with Crippen LogP contribution < -0.4 is 5.73 Å². The lowest BCUT2D eigenvalue weighted by Gasteiger charge is -2.44. The lowest BCUT2D eigenvalue weighted by atomic mass is 9.91. The van der Waals surface area contributed by atoms with Crippen LogP contribution in [0.15, 0.2) is 29.2 Å². The van der Waals surface area contributed by atoms with E-state index in [-0.39, 0.29) is 17.8 Å². The summed E-state index contributed by atoms with van der Waals surface area (Å²) in [4.78, 5) is 2.98. The van der Waals surface area contributed by atoms with Crippen molar-refractivity contribution in [3.8, 4) is 0 Å². The van der Waals surface area contributed by atoms with E-state index in [1.54, 1.807) is 6.07 Å². The topological polar surface area (TPSA) is 63.4 Å². The lowest BCUT2D eigenvalue weighted by molar-refractivity contribution is 0.0763. The highest BCUT2D eigenvalue weighted by Crippen LogP contribution is 2.39. The number of sulfone groups is 1. The molecule has 2 aliphatic rings. The molecule has 5 heteroatoms. The van der Waals surface area contributed by atoms with Gasteiger partial charge in [0.2, 0.25) is 0 Å². The number of likely N-dealkylation sites (tertiary alicyclic amines) is 1.